The zero-order valence-electron chi connectivity index (χ0n) is 11.4. The molecule has 0 amide bonds. The molecule has 0 radical (unpaired) electrons. The first kappa shape index (κ1) is 15.9. The highest BCUT2D eigenvalue weighted by Gasteiger charge is 2.14. The van der Waals surface area contributed by atoms with Crippen molar-refractivity contribution in [3.05, 3.63) is 29.8 Å². The molecule has 0 saturated carbocycles. The summed E-state index contributed by atoms with van der Waals surface area (Å²) < 4.78 is 28.6. The highest BCUT2D eigenvalue weighted by Crippen LogP contribution is 2.14. The average molecular weight is 284 g/mol. The van der Waals surface area contributed by atoms with E-state index in [0.29, 0.717) is 12.8 Å². The van der Waals surface area contributed by atoms with E-state index in [4.69, 9.17) is 4.18 Å². The van der Waals surface area contributed by atoms with Crippen LogP contribution in [0.2, 0.25) is 0 Å². The van der Waals surface area contributed by atoms with Crippen LogP contribution < -0.4 is 0 Å². The number of carbonyl (C=O) groups is 1. The Balaban J connectivity index is 2.35. The standard InChI is InChI=1S/C14H20O4S/c1-12-7-9-14(10-8-12)19(16,17)18-11-5-3-4-6-13(2)15/h7-10H,3-6,11H2,1-2H3. The van der Waals surface area contributed by atoms with Crippen molar-refractivity contribution >= 4 is 15.9 Å². The van der Waals surface area contributed by atoms with Crippen LogP contribution in [0, 0.1) is 6.92 Å². The smallest absolute Gasteiger partial charge is 0.296 e. The quantitative estimate of drug-likeness (QED) is 0.544. The summed E-state index contributed by atoms with van der Waals surface area (Å²) in [4.78, 5) is 10.9. The van der Waals surface area contributed by atoms with Crippen molar-refractivity contribution in [2.24, 2.45) is 0 Å². The second kappa shape index (κ2) is 7.40. The fourth-order valence-corrected chi connectivity index (χ4v) is 2.54. The van der Waals surface area contributed by atoms with E-state index in [2.05, 4.69) is 0 Å². The van der Waals surface area contributed by atoms with Crippen molar-refractivity contribution in [3.63, 3.8) is 0 Å². The molecule has 0 aliphatic carbocycles. The third-order valence-electron chi connectivity index (χ3n) is 2.72. The first-order valence-corrected chi connectivity index (χ1v) is 7.78. The summed E-state index contributed by atoms with van der Waals surface area (Å²) in [5.41, 5.74) is 1.00. The van der Waals surface area contributed by atoms with E-state index < -0.39 is 10.1 Å². The average Bonchev–Trinajstić information content (AvgIpc) is 2.34. The van der Waals surface area contributed by atoms with E-state index in [9.17, 15) is 13.2 Å². The molecule has 0 fully saturated rings. The summed E-state index contributed by atoms with van der Waals surface area (Å²) in [6.45, 7) is 3.61. The van der Waals surface area contributed by atoms with Crippen molar-refractivity contribution in [3.8, 4) is 0 Å². The number of benzene rings is 1. The lowest BCUT2D eigenvalue weighted by molar-refractivity contribution is -0.117. The molecule has 0 spiro atoms. The maximum absolute atomic E-state index is 11.8. The van der Waals surface area contributed by atoms with Gasteiger partial charge in [0.2, 0.25) is 0 Å². The van der Waals surface area contributed by atoms with Gasteiger partial charge in [-0.3, -0.25) is 4.18 Å². The van der Waals surface area contributed by atoms with Crippen LogP contribution in [0.1, 0.15) is 38.2 Å². The van der Waals surface area contributed by atoms with Crippen molar-refractivity contribution in [1.82, 2.24) is 0 Å². The minimum absolute atomic E-state index is 0.160. The Morgan fingerprint density at radius 3 is 2.32 bits per heavy atom. The van der Waals surface area contributed by atoms with Gasteiger partial charge in [-0.2, -0.15) is 8.42 Å². The molecular formula is C14H20O4S. The number of Topliss-reactive ketones (excluding diaryl/α,β-unsaturated/α-hetero) is 1. The number of rotatable bonds is 8. The van der Waals surface area contributed by atoms with Gasteiger partial charge in [0.25, 0.3) is 10.1 Å². The highest BCUT2D eigenvalue weighted by molar-refractivity contribution is 7.86. The Bertz CT molecular complexity index is 503. The molecule has 5 heteroatoms. The number of carbonyl (C=O) groups excluding carboxylic acids is 1. The molecule has 0 N–H and O–H groups in total. The summed E-state index contributed by atoms with van der Waals surface area (Å²) in [7, 11) is -3.65. The van der Waals surface area contributed by atoms with Crippen LogP contribution in [0.3, 0.4) is 0 Å². The molecular weight excluding hydrogens is 264 g/mol. The van der Waals surface area contributed by atoms with Crippen molar-refractivity contribution < 1.29 is 17.4 Å². The van der Waals surface area contributed by atoms with Gasteiger partial charge in [-0.15, -0.1) is 0 Å². The van der Waals surface area contributed by atoms with Gasteiger partial charge < -0.3 is 4.79 Å². The molecule has 0 unspecified atom stereocenters. The lowest BCUT2D eigenvalue weighted by Crippen LogP contribution is -2.07. The van der Waals surface area contributed by atoms with Gasteiger partial charge in [-0.25, -0.2) is 0 Å². The molecule has 106 valence electrons. The molecule has 0 aromatic heterocycles. The molecule has 0 aliphatic rings. The second-order valence-electron chi connectivity index (χ2n) is 4.60. The SMILES string of the molecule is CC(=O)CCCCCOS(=O)(=O)c1ccc(C)cc1. The lowest BCUT2D eigenvalue weighted by atomic mass is 10.1. The second-order valence-corrected chi connectivity index (χ2v) is 6.22. The molecule has 0 heterocycles. The van der Waals surface area contributed by atoms with Crippen LogP contribution in [0.5, 0.6) is 0 Å². The van der Waals surface area contributed by atoms with Crippen LogP contribution in [0.25, 0.3) is 0 Å². The maximum atomic E-state index is 11.8. The third kappa shape index (κ3) is 5.98. The van der Waals surface area contributed by atoms with Gasteiger partial charge in [-0.05, 0) is 38.8 Å². The van der Waals surface area contributed by atoms with Crippen LogP contribution in [-0.2, 0) is 19.1 Å². The Morgan fingerprint density at radius 2 is 1.74 bits per heavy atom. The maximum Gasteiger partial charge on any atom is 0.296 e. The number of aryl methyl sites for hydroxylation is 1. The number of hydrogen-bond donors (Lipinski definition) is 0. The van der Waals surface area contributed by atoms with Crippen LogP contribution >= 0.6 is 0 Å². The van der Waals surface area contributed by atoms with Crippen LogP contribution in [0.15, 0.2) is 29.2 Å². The predicted molar refractivity (Wildman–Crippen MR) is 73.5 cm³/mol. The molecule has 1 rings (SSSR count). The minimum Gasteiger partial charge on any atom is -0.300 e. The first-order valence-electron chi connectivity index (χ1n) is 6.37. The molecule has 4 nitrogen and oxygen atoms in total. The Hall–Kier alpha value is -1.20. The topological polar surface area (TPSA) is 60.4 Å². The van der Waals surface area contributed by atoms with E-state index in [1.54, 1.807) is 31.2 Å². The van der Waals surface area contributed by atoms with E-state index in [1.165, 1.54) is 0 Å². The number of ketones is 1. The van der Waals surface area contributed by atoms with Crippen LogP contribution in [-0.4, -0.2) is 20.8 Å². The predicted octanol–water partition coefficient (Wildman–Crippen LogP) is 2.85. The van der Waals surface area contributed by atoms with Crippen molar-refractivity contribution in [2.45, 2.75) is 44.4 Å². The van der Waals surface area contributed by atoms with E-state index in [1.807, 2.05) is 6.92 Å². The minimum atomic E-state index is -3.65. The summed E-state index contributed by atoms with van der Waals surface area (Å²) in [6.07, 6.45) is 2.76. The molecule has 0 saturated heterocycles. The molecule has 1 aromatic carbocycles. The summed E-state index contributed by atoms with van der Waals surface area (Å²) in [5, 5.41) is 0. The van der Waals surface area contributed by atoms with Gasteiger partial charge in [-0.1, -0.05) is 24.1 Å². The molecule has 0 atom stereocenters. The normalized spacial score (nSPS) is 11.5. The highest BCUT2D eigenvalue weighted by atomic mass is 32.2. The summed E-state index contributed by atoms with van der Waals surface area (Å²) in [5.74, 6) is 0.160. The largest absolute Gasteiger partial charge is 0.300 e. The lowest BCUT2D eigenvalue weighted by Gasteiger charge is -2.05. The first-order chi connectivity index (χ1) is 8.92. The van der Waals surface area contributed by atoms with Gasteiger partial charge in [0.05, 0.1) is 11.5 Å². The number of unbranched alkanes of at least 4 members (excludes halogenated alkanes) is 2. The van der Waals surface area contributed by atoms with Crippen molar-refractivity contribution in [2.75, 3.05) is 6.61 Å². The van der Waals surface area contributed by atoms with E-state index in [0.717, 1.165) is 18.4 Å². The Kier molecular flexibility index (Phi) is 6.18. The van der Waals surface area contributed by atoms with Gasteiger partial charge in [0.15, 0.2) is 0 Å². The summed E-state index contributed by atoms with van der Waals surface area (Å²) >= 11 is 0. The number of hydrogen-bond acceptors (Lipinski definition) is 4. The molecule has 19 heavy (non-hydrogen) atoms. The Labute approximate surface area is 114 Å². The third-order valence-corrected chi connectivity index (χ3v) is 4.05. The van der Waals surface area contributed by atoms with E-state index in [-0.39, 0.29) is 17.3 Å². The monoisotopic (exact) mass is 284 g/mol. The fraction of sp³-hybridized carbons (Fsp3) is 0.500. The molecule has 0 bridgehead atoms. The van der Waals surface area contributed by atoms with E-state index >= 15 is 0 Å². The van der Waals surface area contributed by atoms with Crippen LogP contribution in [0.4, 0.5) is 0 Å². The Morgan fingerprint density at radius 1 is 1.11 bits per heavy atom. The zero-order chi connectivity index (χ0) is 14.3. The van der Waals surface area contributed by atoms with Gasteiger partial charge in [0, 0.05) is 6.42 Å². The summed E-state index contributed by atoms with van der Waals surface area (Å²) in [6, 6.07) is 6.56. The van der Waals surface area contributed by atoms with Gasteiger partial charge >= 0.3 is 0 Å². The molecule has 1 aromatic rings. The zero-order valence-corrected chi connectivity index (χ0v) is 12.2. The molecule has 0 aliphatic heterocycles. The van der Waals surface area contributed by atoms with Gasteiger partial charge in [0.1, 0.15) is 5.78 Å². The van der Waals surface area contributed by atoms with Crippen molar-refractivity contribution in [1.29, 1.82) is 0 Å². The fourth-order valence-electron chi connectivity index (χ4n) is 1.59.